The van der Waals surface area contributed by atoms with Gasteiger partial charge in [0, 0.05) is 39.3 Å². The number of unbranched alkanes of at least 4 members (excludes halogenated alkanes) is 36. The van der Waals surface area contributed by atoms with Crippen molar-refractivity contribution in [3.05, 3.63) is 36.5 Å². The van der Waals surface area contributed by atoms with Crippen LogP contribution in [0.15, 0.2) is 36.5 Å². The van der Waals surface area contributed by atoms with E-state index in [9.17, 15) is 0 Å². The average Bonchev–Trinajstić information content (AvgIpc) is 3.30. The third kappa shape index (κ3) is 57.2. The summed E-state index contributed by atoms with van der Waals surface area (Å²) < 4.78 is 0. The van der Waals surface area contributed by atoms with Crippen LogP contribution >= 0.6 is 0 Å². The van der Waals surface area contributed by atoms with Crippen LogP contribution in [-0.4, -0.2) is 63.8 Å². The molecule has 380 valence electrons. The lowest BCUT2D eigenvalue weighted by atomic mass is 10.1. The van der Waals surface area contributed by atoms with Gasteiger partial charge in [-0.25, -0.2) is 0 Å². The maximum atomic E-state index is 3.79. The molecule has 0 aromatic carbocycles. The predicted molar refractivity (Wildman–Crippen MR) is 293 cm³/mol. The van der Waals surface area contributed by atoms with Crippen molar-refractivity contribution in [2.75, 3.05) is 58.9 Å². The minimum absolute atomic E-state index is 1.12. The molecular formula is C60H120N4. The summed E-state index contributed by atoms with van der Waals surface area (Å²) in [4.78, 5) is 2.69. The molecule has 0 aliphatic carbocycles. The normalized spacial score (nSPS) is 12.2. The van der Waals surface area contributed by atoms with E-state index in [4.69, 9.17) is 0 Å². The Bertz CT molecular complexity index is 784. The lowest BCUT2D eigenvalue weighted by molar-refractivity contribution is 0.271. The third-order valence-corrected chi connectivity index (χ3v) is 13.4. The van der Waals surface area contributed by atoms with E-state index in [0.717, 1.165) is 39.3 Å². The molecule has 4 heteroatoms. The Morgan fingerprint density at radius 3 is 0.625 bits per heavy atom. The second kappa shape index (κ2) is 60.1. The summed E-state index contributed by atoms with van der Waals surface area (Å²) in [6.07, 6.45) is 72.6. The minimum Gasteiger partial charge on any atom is -0.315 e. The van der Waals surface area contributed by atoms with Crippen LogP contribution in [0.25, 0.3) is 0 Å². The highest BCUT2D eigenvalue weighted by molar-refractivity contribution is 4.83. The number of nitrogens with one attached hydrogen (secondary N) is 3. The second-order valence-corrected chi connectivity index (χ2v) is 19.9. The van der Waals surface area contributed by atoms with Crippen molar-refractivity contribution >= 4 is 0 Å². The summed E-state index contributed by atoms with van der Waals surface area (Å²) in [5, 5.41) is 11.4. The van der Waals surface area contributed by atoms with E-state index in [1.54, 1.807) is 0 Å². The molecule has 3 N–H and O–H groups in total. The average molecular weight is 898 g/mol. The van der Waals surface area contributed by atoms with Crippen LogP contribution in [0.3, 0.4) is 0 Å². The molecule has 0 aliphatic heterocycles. The fourth-order valence-corrected chi connectivity index (χ4v) is 8.91. The molecule has 0 radical (unpaired) electrons. The van der Waals surface area contributed by atoms with Gasteiger partial charge in [-0.05, 0) is 116 Å². The van der Waals surface area contributed by atoms with Crippen LogP contribution in [0.1, 0.15) is 290 Å². The smallest absolute Gasteiger partial charge is 0.0108 e. The van der Waals surface area contributed by atoms with E-state index in [1.165, 1.54) is 289 Å². The summed E-state index contributed by atoms with van der Waals surface area (Å²) in [6.45, 7) is 17.3. The van der Waals surface area contributed by atoms with E-state index in [2.05, 4.69) is 78.1 Å². The first-order chi connectivity index (χ1) is 31.8. The molecule has 0 fully saturated rings. The molecule has 0 saturated carbocycles. The maximum absolute atomic E-state index is 3.79. The Kier molecular flexibility index (Phi) is 59.2. The van der Waals surface area contributed by atoms with Gasteiger partial charge in [0.1, 0.15) is 0 Å². The Hall–Kier alpha value is -0.940. The van der Waals surface area contributed by atoms with Crippen molar-refractivity contribution in [2.24, 2.45) is 0 Å². The molecule has 0 aromatic rings. The van der Waals surface area contributed by atoms with Crippen LogP contribution in [0, 0.1) is 0 Å². The zero-order valence-electron chi connectivity index (χ0n) is 44.5. The fourth-order valence-electron chi connectivity index (χ4n) is 8.91. The van der Waals surface area contributed by atoms with Gasteiger partial charge < -0.3 is 16.0 Å². The number of rotatable bonds is 57. The lowest BCUT2D eigenvalue weighted by Crippen LogP contribution is -2.41. The maximum Gasteiger partial charge on any atom is 0.0108 e. The second-order valence-electron chi connectivity index (χ2n) is 19.9. The molecule has 0 aliphatic rings. The summed E-state index contributed by atoms with van der Waals surface area (Å²) in [5.74, 6) is 0. The van der Waals surface area contributed by atoms with Crippen molar-refractivity contribution in [1.29, 1.82) is 0 Å². The highest BCUT2D eigenvalue weighted by Gasteiger charge is 2.05. The molecule has 0 saturated heterocycles. The zero-order valence-corrected chi connectivity index (χ0v) is 44.5. The summed E-state index contributed by atoms with van der Waals surface area (Å²) in [6, 6.07) is 0. The van der Waals surface area contributed by atoms with Gasteiger partial charge in [0.15, 0.2) is 0 Å². The molecule has 0 amide bonds. The molecule has 0 aromatic heterocycles. The molecule has 4 nitrogen and oxygen atoms in total. The Labute approximate surface area is 405 Å². The first-order valence-electron chi connectivity index (χ1n) is 29.6. The molecule has 0 heterocycles. The van der Waals surface area contributed by atoms with Crippen LogP contribution in [0.2, 0.25) is 0 Å². The van der Waals surface area contributed by atoms with Gasteiger partial charge >= 0.3 is 0 Å². The number of hydrogen-bond donors (Lipinski definition) is 3. The molecule has 0 atom stereocenters. The van der Waals surface area contributed by atoms with Gasteiger partial charge in [-0.1, -0.05) is 231 Å². The molecule has 0 unspecified atom stereocenters. The van der Waals surface area contributed by atoms with E-state index < -0.39 is 0 Å². The van der Waals surface area contributed by atoms with Crippen LogP contribution in [0.4, 0.5) is 0 Å². The molecule has 0 spiro atoms. The van der Waals surface area contributed by atoms with Crippen molar-refractivity contribution in [3.63, 3.8) is 0 Å². The fraction of sp³-hybridized carbons (Fsp3) is 0.900. The Morgan fingerprint density at radius 2 is 0.406 bits per heavy atom. The van der Waals surface area contributed by atoms with E-state index in [-0.39, 0.29) is 0 Å². The van der Waals surface area contributed by atoms with Gasteiger partial charge in [0.2, 0.25) is 0 Å². The standard InChI is InChI=1S/C60H120N4/c1-4-7-10-13-16-19-22-25-28-31-34-37-40-43-46-49-52-61-55-58-64(59-56-62-53-50-47-44-41-38-35-32-29-26-23-20-17-14-11-8-5-2)60-57-63-54-51-48-45-42-39-36-33-30-27-24-21-18-15-12-9-6-3/h25-30,61-63H,4-24,31-60H2,1-3H3/b28-25+,29-26+,30-27+. The van der Waals surface area contributed by atoms with Gasteiger partial charge in [0.05, 0.1) is 0 Å². The highest BCUT2D eigenvalue weighted by Crippen LogP contribution is 2.13. The number of hydrogen-bond acceptors (Lipinski definition) is 4. The summed E-state index contributed by atoms with van der Waals surface area (Å²) in [7, 11) is 0. The van der Waals surface area contributed by atoms with Gasteiger partial charge in [-0.15, -0.1) is 0 Å². The van der Waals surface area contributed by atoms with E-state index in [1.807, 2.05) is 0 Å². The summed E-state index contributed by atoms with van der Waals surface area (Å²) in [5.41, 5.74) is 0. The number of allylic oxidation sites excluding steroid dienone is 6. The van der Waals surface area contributed by atoms with Crippen LogP contribution in [0.5, 0.6) is 0 Å². The quantitative estimate of drug-likeness (QED) is 0.0420. The van der Waals surface area contributed by atoms with Crippen molar-refractivity contribution in [3.8, 4) is 0 Å². The van der Waals surface area contributed by atoms with Crippen LogP contribution in [-0.2, 0) is 0 Å². The Balaban J connectivity index is 4.05. The third-order valence-electron chi connectivity index (χ3n) is 13.4. The molecule has 0 bridgehead atoms. The van der Waals surface area contributed by atoms with E-state index >= 15 is 0 Å². The lowest BCUT2D eigenvalue weighted by Gasteiger charge is -2.23. The first-order valence-corrected chi connectivity index (χ1v) is 29.6. The van der Waals surface area contributed by atoms with Crippen molar-refractivity contribution in [2.45, 2.75) is 290 Å². The Morgan fingerprint density at radius 1 is 0.219 bits per heavy atom. The monoisotopic (exact) mass is 897 g/mol. The van der Waals surface area contributed by atoms with Gasteiger partial charge in [-0.3, -0.25) is 4.90 Å². The molecular weight excluding hydrogens is 777 g/mol. The minimum atomic E-state index is 1.12. The van der Waals surface area contributed by atoms with Crippen molar-refractivity contribution in [1.82, 2.24) is 20.9 Å². The van der Waals surface area contributed by atoms with Gasteiger partial charge in [0.25, 0.3) is 0 Å². The van der Waals surface area contributed by atoms with Gasteiger partial charge in [-0.2, -0.15) is 0 Å². The van der Waals surface area contributed by atoms with E-state index in [0.29, 0.717) is 0 Å². The van der Waals surface area contributed by atoms with Crippen molar-refractivity contribution < 1.29 is 0 Å². The SMILES string of the molecule is CCCCCCCC/C=C/CCCCCCCCNCCN(CCNCCCCCCCC/C=C/CCCCCCCC)CCNCCCCCCCC/C=C/CCCCCCCC. The van der Waals surface area contributed by atoms with Crippen LogP contribution < -0.4 is 16.0 Å². The predicted octanol–water partition coefficient (Wildman–Crippen LogP) is 18.2. The molecule has 0 rings (SSSR count). The first kappa shape index (κ1) is 63.1. The number of nitrogens with zero attached hydrogens (tertiary/aromatic N) is 1. The zero-order chi connectivity index (χ0) is 46.0. The topological polar surface area (TPSA) is 39.3 Å². The highest BCUT2D eigenvalue weighted by atomic mass is 15.2. The molecule has 64 heavy (non-hydrogen) atoms. The largest absolute Gasteiger partial charge is 0.315 e. The summed E-state index contributed by atoms with van der Waals surface area (Å²) >= 11 is 0.